The maximum Gasteiger partial charge on any atom is 0.413 e. The van der Waals surface area contributed by atoms with Gasteiger partial charge in [0.2, 0.25) is 5.91 Å². The van der Waals surface area contributed by atoms with E-state index in [4.69, 9.17) is 15.2 Å². The number of carbonyl (C=O) groups is 2. The van der Waals surface area contributed by atoms with Crippen LogP contribution in [0.25, 0.3) is 0 Å². The van der Waals surface area contributed by atoms with Crippen LogP contribution in [0.4, 0.5) is 13.2 Å². The molecule has 2 fully saturated rings. The number of carbonyl (C=O) groups excluding carboxylic acids is 2. The van der Waals surface area contributed by atoms with E-state index in [0.717, 1.165) is 12.8 Å². The number of alkyl halides is 3. The minimum Gasteiger partial charge on any atom is -0.512 e. The number of ether oxygens (including phenoxy) is 2. The lowest BCUT2D eigenvalue weighted by Gasteiger charge is -2.54. The highest BCUT2D eigenvalue weighted by Crippen LogP contribution is 2.58. The molecule has 0 spiro atoms. The maximum atomic E-state index is 14.7. The molecule has 0 radical (unpaired) electrons. The minimum absolute atomic E-state index is 0.0454. The number of nitrogens with zero attached hydrogens (tertiary/aromatic N) is 1. The quantitative estimate of drug-likeness (QED) is 0.344. The molecule has 5 N–H and O–H groups in total. The number of rotatable bonds is 8. The number of methoxy groups -OCH3 is 2. The van der Waals surface area contributed by atoms with E-state index >= 15 is 0 Å². The van der Waals surface area contributed by atoms with Crippen molar-refractivity contribution in [1.29, 1.82) is 0 Å². The number of amides is 1. The summed E-state index contributed by atoms with van der Waals surface area (Å²) < 4.78 is 55.8. The van der Waals surface area contributed by atoms with E-state index < -0.39 is 52.8 Å². The number of fused-ring (bicyclic) bond motifs is 3. The van der Waals surface area contributed by atoms with Crippen molar-refractivity contribution in [3.8, 4) is 0 Å². The third kappa shape index (κ3) is 4.77. The third-order valence-corrected chi connectivity index (χ3v) is 9.52. The SMILES string of the molecule is COC1=C2C(=O)C3=C(O)CC(CNCC4CC4)C(C(F)(F)F)=C3C[C@H]2C[C@H]2[C@H](N(C)C)C(O)=C(C(N)=O)C[C@@]12OC. The Kier molecular flexibility index (Phi) is 7.57. The van der Waals surface area contributed by atoms with Crippen LogP contribution >= 0.6 is 0 Å². The van der Waals surface area contributed by atoms with Gasteiger partial charge in [-0.15, -0.1) is 0 Å². The van der Waals surface area contributed by atoms with Crippen LogP contribution < -0.4 is 11.1 Å². The fourth-order valence-electron chi connectivity index (χ4n) is 7.62. The Morgan fingerprint density at radius 1 is 1.17 bits per heavy atom. The van der Waals surface area contributed by atoms with Crippen molar-refractivity contribution in [2.75, 3.05) is 41.4 Å². The second-order valence-corrected chi connectivity index (χ2v) is 12.1. The number of hydrogen-bond acceptors (Lipinski definition) is 8. The Morgan fingerprint density at radius 3 is 2.39 bits per heavy atom. The predicted octanol–water partition coefficient (Wildman–Crippen LogP) is 3.20. The van der Waals surface area contributed by atoms with Crippen molar-refractivity contribution < 1.29 is 42.4 Å². The molecule has 2 saturated carbocycles. The van der Waals surface area contributed by atoms with Gasteiger partial charge >= 0.3 is 6.18 Å². The van der Waals surface area contributed by atoms with Crippen molar-refractivity contribution in [3.05, 3.63) is 45.1 Å². The molecule has 0 saturated heterocycles. The first-order valence-electron chi connectivity index (χ1n) is 14.0. The molecule has 0 bridgehead atoms. The first-order chi connectivity index (χ1) is 19.3. The smallest absolute Gasteiger partial charge is 0.413 e. The fraction of sp³-hybridized carbons (Fsp3) is 0.655. The van der Waals surface area contributed by atoms with Crippen LogP contribution in [0.1, 0.15) is 38.5 Å². The molecule has 0 aliphatic heterocycles. The Labute approximate surface area is 236 Å². The average Bonchev–Trinajstić information content (AvgIpc) is 3.70. The summed E-state index contributed by atoms with van der Waals surface area (Å²) in [6.07, 6.45) is -3.03. The Hall–Kier alpha value is -2.83. The highest BCUT2D eigenvalue weighted by molar-refractivity contribution is 6.14. The molecular weight excluding hydrogens is 543 g/mol. The lowest BCUT2D eigenvalue weighted by atomic mass is 9.57. The summed E-state index contributed by atoms with van der Waals surface area (Å²) in [5, 5.41) is 25.3. The zero-order valence-electron chi connectivity index (χ0n) is 23.7. The van der Waals surface area contributed by atoms with E-state index in [0.29, 0.717) is 12.5 Å². The van der Waals surface area contributed by atoms with Crippen molar-refractivity contribution in [1.82, 2.24) is 10.2 Å². The number of allylic oxidation sites excluding steroid dienone is 4. The normalized spacial score (nSPS) is 32.3. The first kappa shape index (κ1) is 29.7. The van der Waals surface area contributed by atoms with Gasteiger partial charge in [0.1, 0.15) is 22.9 Å². The molecule has 5 aliphatic carbocycles. The number of nitrogens with two attached hydrogens (primary N) is 1. The molecule has 0 aromatic carbocycles. The van der Waals surface area contributed by atoms with E-state index in [-0.39, 0.29) is 71.8 Å². The Balaban J connectivity index is 1.65. The van der Waals surface area contributed by atoms with E-state index in [1.54, 1.807) is 19.0 Å². The number of hydrogen-bond donors (Lipinski definition) is 4. The third-order valence-electron chi connectivity index (χ3n) is 9.52. The largest absolute Gasteiger partial charge is 0.512 e. The standard InChI is InChI=1S/C29H38F3N3O6/c1-35(2)23-18-8-14-7-16-21(19(36)9-15(22(16)29(30,31)32)12-34-11-13-5-6-13)25(38)20(14)26(40-3)28(18,41-4)10-17(24(23)37)27(33)39/h13-15,18,23,34,36-37H,5-12H2,1-4H3,(H2,33,39)/t14-,15?,18-,23-,28-/m0/s1. The van der Waals surface area contributed by atoms with E-state index in [2.05, 4.69) is 5.32 Å². The summed E-state index contributed by atoms with van der Waals surface area (Å²) in [6.45, 7) is 0.667. The van der Waals surface area contributed by atoms with E-state index in [9.17, 15) is 33.0 Å². The van der Waals surface area contributed by atoms with Crippen molar-refractivity contribution in [2.45, 2.75) is 56.3 Å². The zero-order valence-corrected chi connectivity index (χ0v) is 23.7. The van der Waals surface area contributed by atoms with E-state index in [1.165, 1.54) is 14.2 Å². The summed E-state index contributed by atoms with van der Waals surface area (Å²) in [5.74, 6) is -3.92. The highest BCUT2D eigenvalue weighted by atomic mass is 19.4. The molecule has 5 rings (SSSR count). The van der Waals surface area contributed by atoms with Gasteiger partial charge in [0.15, 0.2) is 5.78 Å². The monoisotopic (exact) mass is 581 g/mol. The minimum atomic E-state index is -4.70. The van der Waals surface area contributed by atoms with Crippen molar-refractivity contribution in [2.24, 2.45) is 29.4 Å². The van der Waals surface area contributed by atoms with E-state index in [1.807, 2.05) is 0 Å². The number of aliphatic hydroxyl groups is 2. The molecule has 12 heteroatoms. The number of aliphatic hydroxyl groups excluding tert-OH is 2. The topological polar surface area (TPSA) is 134 Å². The van der Waals surface area contributed by atoms with Crippen molar-refractivity contribution in [3.63, 3.8) is 0 Å². The number of ketones is 1. The van der Waals surface area contributed by atoms with Gasteiger partial charge < -0.3 is 30.7 Å². The molecule has 226 valence electrons. The van der Waals surface area contributed by atoms with Gasteiger partial charge in [-0.1, -0.05) is 0 Å². The van der Waals surface area contributed by atoms with Crippen LogP contribution in [-0.4, -0.2) is 86.0 Å². The van der Waals surface area contributed by atoms with Crippen LogP contribution in [-0.2, 0) is 19.1 Å². The van der Waals surface area contributed by atoms with Crippen LogP contribution in [0.15, 0.2) is 45.1 Å². The molecule has 5 aliphatic rings. The molecule has 1 amide bonds. The van der Waals surface area contributed by atoms with Gasteiger partial charge in [-0.3, -0.25) is 14.5 Å². The molecule has 1 unspecified atom stereocenters. The summed E-state index contributed by atoms with van der Waals surface area (Å²) in [4.78, 5) is 28.2. The van der Waals surface area contributed by atoms with Gasteiger partial charge in [0.25, 0.3) is 0 Å². The summed E-state index contributed by atoms with van der Waals surface area (Å²) in [5.41, 5.74) is 3.02. The van der Waals surface area contributed by atoms with Gasteiger partial charge in [-0.25, -0.2) is 0 Å². The van der Waals surface area contributed by atoms with Gasteiger partial charge in [0, 0.05) is 49.5 Å². The molecule has 0 aromatic heterocycles. The zero-order chi connectivity index (χ0) is 30.0. The first-order valence-corrected chi connectivity index (χ1v) is 14.0. The van der Waals surface area contributed by atoms with Crippen LogP contribution in [0.5, 0.6) is 0 Å². The number of likely N-dealkylation sites (N-methyl/N-ethyl adjacent to an activating group) is 1. The summed E-state index contributed by atoms with van der Waals surface area (Å²) >= 11 is 0. The second-order valence-electron chi connectivity index (χ2n) is 12.1. The summed E-state index contributed by atoms with van der Waals surface area (Å²) in [6, 6.07) is -0.778. The highest BCUT2D eigenvalue weighted by Gasteiger charge is 2.61. The van der Waals surface area contributed by atoms with Crippen LogP contribution in [0.2, 0.25) is 0 Å². The number of primary amides is 1. The van der Waals surface area contributed by atoms with Crippen molar-refractivity contribution >= 4 is 11.7 Å². The molecule has 5 atom stereocenters. The number of nitrogens with one attached hydrogen (secondary N) is 1. The Bertz CT molecular complexity index is 1280. The number of halogens is 3. The maximum absolute atomic E-state index is 14.7. The van der Waals surface area contributed by atoms with Gasteiger partial charge in [-0.2, -0.15) is 13.2 Å². The molecular formula is C29H38F3N3O6. The lowest BCUT2D eigenvalue weighted by Crippen LogP contribution is -2.60. The summed E-state index contributed by atoms with van der Waals surface area (Å²) in [7, 11) is 6.14. The molecule has 0 aromatic rings. The number of Topliss-reactive ketones (excluding diaryl/α,β-unsaturated/α-hetero) is 1. The Morgan fingerprint density at radius 2 is 1.85 bits per heavy atom. The fourth-order valence-corrected chi connectivity index (χ4v) is 7.62. The molecule has 9 nitrogen and oxygen atoms in total. The van der Waals surface area contributed by atoms with Crippen LogP contribution in [0.3, 0.4) is 0 Å². The van der Waals surface area contributed by atoms with Gasteiger partial charge in [0.05, 0.1) is 24.3 Å². The second kappa shape index (κ2) is 10.5. The molecule has 0 heterocycles. The predicted molar refractivity (Wildman–Crippen MR) is 142 cm³/mol. The van der Waals surface area contributed by atoms with Gasteiger partial charge in [-0.05, 0) is 63.7 Å². The lowest BCUT2D eigenvalue weighted by molar-refractivity contribution is -0.127. The van der Waals surface area contributed by atoms with Crippen LogP contribution in [0, 0.1) is 23.7 Å². The average molecular weight is 582 g/mol. The molecule has 41 heavy (non-hydrogen) atoms.